The SMILES string of the molecule is Cc1ccc(C)c(CC(=O)N2CCC[C@H](C(=O)O)C2)c1. The number of hydrogen-bond acceptors (Lipinski definition) is 2. The fourth-order valence-electron chi connectivity index (χ4n) is 2.67. The maximum Gasteiger partial charge on any atom is 0.308 e. The van der Waals surface area contributed by atoms with E-state index in [0.717, 1.165) is 23.1 Å². The highest BCUT2D eigenvalue weighted by molar-refractivity contribution is 5.80. The number of likely N-dealkylation sites (tertiary alicyclic amines) is 1. The number of piperidine rings is 1. The van der Waals surface area contributed by atoms with Gasteiger partial charge in [0.15, 0.2) is 0 Å². The van der Waals surface area contributed by atoms with Gasteiger partial charge >= 0.3 is 5.97 Å². The number of carbonyl (C=O) groups is 2. The number of benzene rings is 1. The highest BCUT2D eigenvalue weighted by atomic mass is 16.4. The van der Waals surface area contributed by atoms with Crippen molar-refractivity contribution in [3.8, 4) is 0 Å². The third-order valence-electron chi connectivity index (χ3n) is 3.97. The normalized spacial score (nSPS) is 18.9. The molecule has 0 aromatic heterocycles. The topological polar surface area (TPSA) is 57.6 Å². The molecule has 0 bridgehead atoms. The molecule has 1 aromatic rings. The molecule has 0 aliphatic carbocycles. The van der Waals surface area contributed by atoms with Crippen LogP contribution in [-0.4, -0.2) is 35.0 Å². The molecule has 1 N–H and O–H groups in total. The third-order valence-corrected chi connectivity index (χ3v) is 3.97. The van der Waals surface area contributed by atoms with Crippen molar-refractivity contribution >= 4 is 11.9 Å². The van der Waals surface area contributed by atoms with Crippen molar-refractivity contribution in [3.05, 3.63) is 34.9 Å². The minimum atomic E-state index is -0.797. The highest BCUT2D eigenvalue weighted by Crippen LogP contribution is 2.19. The summed E-state index contributed by atoms with van der Waals surface area (Å²) in [6.45, 7) is 5.03. The molecule has 1 atom stereocenters. The zero-order valence-electron chi connectivity index (χ0n) is 12.1. The predicted octanol–water partition coefficient (Wildman–Crippen LogP) is 2.17. The minimum absolute atomic E-state index is 0.0321. The summed E-state index contributed by atoms with van der Waals surface area (Å²) in [5, 5.41) is 9.07. The van der Waals surface area contributed by atoms with Gasteiger partial charge in [-0.2, -0.15) is 0 Å². The van der Waals surface area contributed by atoms with Gasteiger partial charge in [-0.05, 0) is 37.8 Å². The molecular weight excluding hydrogens is 254 g/mol. The smallest absolute Gasteiger partial charge is 0.308 e. The van der Waals surface area contributed by atoms with Crippen LogP contribution < -0.4 is 0 Å². The second kappa shape index (κ2) is 6.07. The lowest BCUT2D eigenvalue weighted by Crippen LogP contribution is -2.43. The zero-order valence-corrected chi connectivity index (χ0v) is 12.1. The number of carboxylic acid groups (broad SMARTS) is 1. The van der Waals surface area contributed by atoms with E-state index in [9.17, 15) is 9.59 Å². The first-order valence-electron chi connectivity index (χ1n) is 7.04. The standard InChI is InChI=1S/C16H21NO3/c1-11-5-6-12(2)14(8-11)9-15(18)17-7-3-4-13(10-17)16(19)20/h5-6,8,13H,3-4,7,9-10H2,1-2H3,(H,19,20)/t13-/m0/s1. The molecular formula is C16H21NO3. The molecule has 1 fully saturated rings. The predicted molar refractivity (Wildman–Crippen MR) is 76.6 cm³/mol. The Kier molecular flexibility index (Phi) is 4.42. The van der Waals surface area contributed by atoms with Gasteiger partial charge in [0.2, 0.25) is 5.91 Å². The van der Waals surface area contributed by atoms with E-state index in [1.54, 1.807) is 4.90 Å². The average Bonchev–Trinajstić information content (AvgIpc) is 2.43. The van der Waals surface area contributed by atoms with E-state index in [4.69, 9.17) is 5.11 Å². The molecule has 4 nitrogen and oxygen atoms in total. The Balaban J connectivity index is 2.04. The first kappa shape index (κ1) is 14.6. The van der Waals surface area contributed by atoms with E-state index in [1.165, 1.54) is 0 Å². The van der Waals surface area contributed by atoms with Gasteiger partial charge in [0.1, 0.15) is 0 Å². The fraction of sp³-hybridized carbons (Fsp3) is 0.500. The number of carbonyl (C=O) groups excluding carboxylic acids is 1. The number of aliphatic carboxylic acids is 1. The van der Waals surface area contributed by atoms with Gasteiger partial charge in [-0.3, -0.25) is 9.59 Å². The Hall–Kier alpha value is -1.84. The van der Waals surface area contributed by atoms with Crippen molar-refractivity contribution in [1.29, 1.82) is 0 Å². The quantitative estimate of drug-likeness (QED) is 0.919. The van der Waals surface area contributed by atoms with Gasteiger partial charge in [-0.15, -0.1) is 0 Å². The van der Waals surface area contributed by atoms with Crippen LogP contribution in [-0.2, 0) is 16.0 Å². The Morgan fingerprint density at radius 1 is 1.35 bits per heavy atom. The molecule has 1 saturated heterocycles. The van der Waals surface area contributed by atoms with E-state index in [0.29, 0.717) is 25.9 Å². The minimum Gasteiger partial charge on any atom is -0.481 e. The van der Waals surface area contributed by atoms with Gasteiger partial charge < -0.3 is 10.0 Å². The Bertz CT molecular complexity index is 524. The first-order chi connectivity index (χ1) is 9.47. The van der Waals surface area contributed by atoms with Crippen LogP contribution in [0.5, 0.6) is 0 Å². The number of amides is 1. The van der Waals surface area contributed by atoms with E-state index in [-0.39, 0.29) is 5.91 Å². The molecule has 0 spiro atoms. The van der Waals surface area contributed by atoms with Gasteiger partial charge in [0.25, 0.3) is 0 Å². The molecule has 1 aliphatic heterocycles. The molecule has 0 radical (unpaired) electrons. The number of rotatable bonds is 3. The Labute approximate surface area is 119 Å². The molecule has 20 heavy (non-hydrogen) atoms. The molecule has 2 rings (SSSR count). The monoisotopic (exact) mass is 275 g/mol. The van der Waals surface area contributed by atoms with E-state index >= 15 is 0 Å². The fourth-order valence-corrected chi connectivity index (χ4v) is 2.67. The summed E-state index contributed by atoms with van der Waals surface area (Å²) >= 11 is 0. The van der Waals surface area contributed by atoms with Crippen LogP contribution in [0.2, 0.25) is 0 Å². The Morgan fingerprint density at radius 2 is 2.10 bits per heavy atom. The van der Waals surface area contributed by atoms with Crippen LogP contribution >= 0.6 is 0 Å². The van der Waals surface area contributed by atoms with Crippen molar-refractivity contribution in [2.45, 2.75) is 33.1 Å². The third kappa shape index (κ3) is 3.38. The summed E-state index contributed by atoms with van der Waals surface area (Å²) in [6, 6.07) is 6.09. The number of aryl methyl sites for hydroxylation is 2. The van der Waals surface area contributed by atoms with Crippen molar-refractivity contribution in [3.63, 3.8) is 0 Å². The van der Waals surface area contributed by atoms with Crippen LogP contribution in [0.15, 0.2) is 18.2 Å². The van der Waals surface area contributed by atoms with Crippen molar-refractivity contribution in [2.24, 2.45) is 5.92 Å². The molecule has 1 aromatic carbocycles. The molecule has 1 heterocycles. The summed E-state index contributed by atoms with van der Waals surface area (Å²) in [5.74, 6) is -1.18. The van der Waals surface area contributed by atoms with Crippen LogP contribution in [0.3, 0.4) is 0 Å². The van der Waals surface area contributed by atoms with Gasteiger partial charge in [-0.1, -0.05) is 23.8 Å². The number of hydrogen-bond donors (Lipinski definition) is 1. The van der Waals surface area contributed by atoms with E-state index in [1.807, 2.05) is 32.0 Å². The highest BCUT2D eigenvalue weighted by Gasteiger charge is 2.28. The zero-order chi connectivity index (χ0) is 14.7. The second-order valence-electron chi connectivity index (χ2n) is 5.62. The summed E-state index contributed by atoms with van der Waals surface area (Å²) < 4.78 is 0. The molecule has 0 unspecified atom stereocenters. The average molecular weight is 275 g/mol. The maximum atomic E-state index is 12.3. The molecule has 108 valence electrons. The lowest BCUT2D eigenvalue weighted by atomic mass is 9.97. The van der Waals surface area contributed by atoms with Crippen LogP contribution in [0.25, 0.3) is 0 Å². The van der Waals surface area contributed by atoms with Gasteiger partial charge in [0.05, 0.1) is 12.3 Å². The van der Waals surface area contributed by atoms with E-state index < -0.39 is 11.9 Å². The van der Waals surface area contributed by atoms with Crippen LogP contribution in [0, 0.1) is 19.8 Å². The van der Waals surface area contributed by atoms with E-state index in [2.05, 4.69) is 0 Å². The second-order valence-corrected chi connectivity index (χ2v) is 5.62. The first-order valence-corrected chi connectivity index (χ1v) is 7.04. The summed E-state index contributed by atoms with van der Waals surface area (Å²) in [6.07, 6.45) is 1.80. The lowest BCUT2D eigenvalue weighted by Gasteiger charge is -2.31. The van der Waals surface area contributed by atoms with Gasteiger partial charge in [-0.25, -0.2) is 0 Å². The molecule has 4 heteroatoms. The lowest BCUT2D eigenvalue weighted by molar-refractivity contribution is -0.145. The van der Waals surface area contributed by atoms with Crippen LogP contribution in [0.4, 0.5) is 0 Å². The maximum absolute atomic E-state index is 12.3. The molecule has 1 amide bonds. The summed E-state index contributed by atoms with van der Waals surface area (Å²) in [5.41, 5.74) is 3.28. The largest absolute Gasteiger partial charge is 0.481 e. The van der Waals surface area contributed by atoms with Crippen molar-refractivity contribution < 1.29 is 14.7 Å². The van der Waals surface area contributed by atoms with Gasteiger partial charge in [0, 0.05) is 13.1 Å². The van der Waals surface area contributed by atoms with Crippen LogP contribution in [0.1, 0.15) is 29.5 Å². The summed E-state index contributed by atoms with van der Waals surface area (Å²) in [4.78, 5) is 25.1. The number of nitrogens with zero attached hydrogens (tertiary/aromatic N) is 1. The number of carboxylic acids is 1. The molecule has 0 saturated carbocycles. The van der Waals surface area contributed by atoms with Crippen molar-refractivity contribution in [2.75, 3.05) is 13.1 Å². The van der Waals surface area contributed by atoms with Crippen molar-refractivity contribution in [1.82, 2.24) is 4.90 Å². The summed E-state index contributed by atoms with van der Waals surface area (Å²) in [7, 11) is 0. The Morgan fingerprint density at radius 3 is 2.80 bits per heavy atom. The molecule has 1 aliphatic rings.